The van der Waals surface area contributed by atoms with Crippen LogP contribution in [0.4, 0.5) is 0 Å². The molecule has 0 saturated heterocycles. The molecule has 3 heteroatoms. The molecular formula is C21H19IO2. The molecule has 0 bridgehead atoms. The van der Waals surface area contributed by atoms with Gasteiger partial charge in [-0.3, -0.25) is 0 Å². The van der Waals surface area contributed by atoms with Gasteiger partial charge in [0, 0.05) is 5.56 Å². The van der Waals surface area contributed by atoms with Gasteiger partial charge in [-0.05, 0) is 17.2 Å². The van der Waals surface area contributed by atoms with Gasteiger partial charge in [-0.25, -0.2) is 0 Å². The molecule has 0 aliphatic rings. The number of benzene rings is 3. The average Bonchev–Trinajstić information content (AvgIpc) is 2.68. The predicted octanol–water partition coefficient (Wildman–Crippen LogP) is 5.43. The quantitative estimate of drug-likeness (QED) is 0.305. The van der Waals surface area contributed by atoms with E-state index in [9.17, 15) is 0 Å². The summed E-state index contributed by atoms with van der Waals surface area (Å²) in [7, 11) is 3.36. The fraction of sp³-hybridized carbons (Fsp3) is 0.143. The molecular weight excluding hydrogens is 411 g/mol. The van der Waals surface area contributed by atoms with E-state index in [1.807, 2.05) is 24.3 Å². The smallest absolute Gasteiger partial charge is 0.165 e. The van der Waals surface area contributed by atoms with E-state index < -0.39 is 0 Å². The maximum atomic E-state index is 5.73. The second-order valence-electron chi connectivity index (χ2n) is 5.43. The van der Waals surface area contributed by atoms with Gasteiger partial charge in [-0.15, -0.1) is 0 Å². The lowest BCUT2D eigenvalue weighted by atomic mass is 9.84. The van der Waals surface area contributed by atoms with Crippen LogP contribution in [0, 0.1) is 0 Å². The van der Waals surface area contributed by atoms with Gasteiger partial charge in [0.1, 0.15) is 3.42 Å². The van der Waals surface area contributed by atoms with E-state index in [2.05, 4.69) is 77.2 Å². The van der Waals surface area contributed by atoms with Crippen molar-refractivity contribution in [2.24, 2.45) is 0 Å². The van der Waals surface area contributed by atoms with Crippen LogP contribution in [-0.2, 0) is 3.42 Å². The zero-order chi connectivity index (χ0) is 17.0. The molecule has 0 fully saturated rings. The number of ether oxygens (including phenoxy) is 2. The summed E-state index contributed by atoms with van der Waals surface area (Å²) < 4.78 is 10.9. The summed E-state index contributed by atoms with van der Waals surface area (Å²) in [4.78, 5) is 0. The lowest BCUT2D eigenvalue weighted by Gasteiger charge is -2.31. The Hall–Kier alpha value is -2.01. The molecule has 0 saturated carbocycles. The largest absolute Gasteiger partial charge is 0.493 e. The molecule has 0 aromatic heterocycles. The number of hydrogen-bond donors (Lipinski definition) is 0. The van der Waals surface area contributed by atoms with Crippen molar-refractivity contribution >= 4 is 22.6 Å². The Morgan fingerprint density at radius 2 is 1.21 bits per heavy atom. The first-order valence-electron chi connectivity index (χ1n) is 7.73. The van der Waals surface area contributed by atoms with Crippen molar-refractivity contribution in [2.75, 3.05) is 14.2 Å². The van der Waals surface area contributed by atoms with Crippen molar-refractivity contribution in [3.05, 3.63) is 95.6 Å². The van der Waals surface area contributed by atoms with Gasteiger partial charge in [0.25, 0.3) is 0 Å². The third-order valence-corrected chi connectivity index (χ3v) is 5.94. The van der Waals surface area contributed by atoms with Crippen molar-refractivity contribution in [1.82, 2.24) is 0 Å². The molecule has 0 spiro atoms. The summed E-state index contributed by atoms with van der Waals surface area (Å²) in [5.74, 6) is 1.50. The van der Waals surface area contributed by atoms with E-state index in [1.165, 1.54) is 11.1 Å². The van der Waals surface area contributed by atoms with Crippen LogP contribution in [0.15, 0.2) is 78.9 Å². The van der Waals surface area contributed by atoms with E-state index in [0.29, 0.717) is 0 Å². The Balaban J connectivity index is 2.32. The number of halogens is 1. The standard InChI is InChI=1S/C21H19IO2/c1-23-19-15-9-14-18(20(19)24-2)21(22,16-10-5-3-6-11-16)17-12-7-4-8-13-17/h3-15H,1-2H3. The molecule has 0 heterocycles. The van der Waals surface area contributed by atoms with Crippen molar-refractivity contribution in [1.29, 1.82) is 0 Å². The monoisotopic (exact) mass is 430 g/mol. The van der Waals surface area contributed by atoms with Gasteiger partial charge < -0.3 is 9.47 Å². The number of para-hydroxylation sites is 1. The van der Waals surface area contributed by atoms with E-state index in [1.54, 1.807) is 14.2 Å². The molecule has 0 aliphatic heterocycles. The van der Waals surface area contributed by atoms with Crippen LogP contribution in [0.3, 0.4) is 0 Å². The summed E-state index contributed by atoms with van der Waals surface area (Å²) in [5.41, 5.74) is 3.47. The van der Waals surface area contributed by atoms with Crippen LogP contribution >= 0.6 is 22.6 Å². The third-order valence-electron chi connectivity index (χ3n) is 4.12. The molecule has 0 N–H and O–H groups in total. The van der Waals surface area contributed by atoms with Crippen molar-refractivity contribution in [3.8, 4) is 11.5 Å². The molecule has 3 aromatic rings. The highest BCUT2D eigenvalue weighted by atomic mass is 127. The normalized spacial score (nSPS) is 11.1. The van der Waals surface area contributed by atoms with Crippen molar-refractivity contribution < 1.29 is 9.47 Å². The second-order valence-corrected chi connectivity index (χ2v) is 7.05. The summed E-state index contributed by atoms with van der Waals surface area (Å²) in [6, 6.07) is 27.0. The molecule has 2 nitrogen and oxygen atoms in total. The summed E-state index contributed by atoms with van der Waals surface area (Å²) >= 11 is 2.52. The zero-order valence-electron chi connectivity index (χ0n) is 13.7. The molecule has 3 aromatic carbocycles. The fourth-order valence-corrected chi connectivity index (χ4v) is 4.12. The van der Waals surface area contributed by atoms with Crippen molar-refractivity contribution in [3.63, 3.8) is 0 Å². The van der Waals surface area contributed by atoms with E-state index in [4.69, 9.17) is 9.47 Å². The molecule has 0 atom stereocenters. The van der Waals surface area contributed by atoms with Gasteiger partial charge in [-0.2, -0.15) is 0 Å². The predicted molar refractivity (Wildman–Crippen MR) is 106 cm³/mol. The lowest BCUT2D eigenvalue weighted by molar-refractivity contribution is 0.351. The van der Waals surface area contributed by atoms with E-state index >= 15 is 0 Å². The highest BCUT2D eigenvalue weighted by molar-refractivity contribution is 14.1. The minimum atomic E-state index is -0.375. The molecule has 24 heavy (non-hydrogen) atoms. The number of hydrogen-bond acceptors (Lipinski definition) is 2. The van der Waals surface area contributed by atoms with Crippen LogP contribution in [0.5, 0.6) is 11.5 Å². The average molecular weight is 430 g/mol. The number of alkyl halides is 1. The molecule has 0 amide bonds. The van der Waals surface area contributed by atoms with Crippen LogP contribution in [0.1, 0.15) is 16.7 Å². The highest BCUT2D eigenvalue weighted by Gasteiger charge is 2.36. The Morgan fingerprint density at radius 3 is 1.67 bits per heavy atom. The van der Waals surface area contributed by atoms with Crippen LogP contribution in [-0.4, -0.2) is 14.2 Å². The van der Waals surface area contributed by atoms with Gasteiger partial charge >= 0.3 is 0 Å². The van der Waals surface area contributed by atoms with Crippen molar-refractivity contribution in [2.45, 2.75) is 3.42 Å². The molecule has 3 rings (SSSR count). The topological polar surface area (TPSA) is 18.5 Å². The molecule has 122 valence electrons. The van der Waals surface area contributed by atoms with Crippen LogP contribution < -0.4 is 9.47 Å². The summed E-state index contributed by atoms with van der Waals surface area (Å²) in [6.45, 7) is 0. The Morgan fingerprint density at radius 1 is 0.667 bits per heavy atom. The second kappa shape index (κ2) is 7.26. The van der Waals surface area contributed by atoms with Gasteiger partial charge in [0.2, 0.25) is 0 Å². The SMILES string of the molecule is COc1cccc(C(I)(c2ccccc2)c2ccccc2)c1OC. The Bertz CT molecular complexity index is 761. The van der Waals surface area contributed by atoms with Crippen LogP contribution in [0.25, 0.3) is 0 Å². The van der Waals surface area contributed by atoms with Gasteiger partial charge in [0.15, 0.2) is 11.5 Å². The lowest BCUT2D eigenvalue weighted by Crippen LogP contribution is -2.22. The molecule has 0 radical (unpaired) electrons. The maximum absolute atomic E-state index is 5.73. The summed E-state index contributed by atoms with van der Waals surface area (Å²) in [6.07, 6.45) is 0. The molecule has 0 aliphatic carbocycles. The minimum absolute atomic E-state index is 0.375. The summed E-state index contributed by atoms with van der Waals surface area (Å²) in [5, 5.41) is 0. The minimum Gasteiger partial charge on any atom is -0.493 e. The zero-order valence-corrected chi connectivity index (χ0v) is 15.9. The number of rotatable bonds is 5. The molecule has 0 unspecified atom stereocenters. The first kappa shape index (κ1) is 16.8. The fourth-order valence-electron chi connectivity index (χ4n) is 2.97. The Kier molecular flexibility index (Phi) is 5.09. The third kappa shape index (κ3) is 2.88. The van der Waals surface area contributed by atoms with Gasteiger partial charge in [0.05, 0.1) is 14.2 Å². The van der Waals surface area contributed by atoms with Gasteiger partial charge in [-0.1, -0.05) is 95.4 Å². The maximum Gasteiger partial charge on any atom is 0.165 e. The van der Waals surface area contributed by atoms with E-state index in [-0.39, 0.29) is 3.42 Å². The highest BCUT2D eigenvalue weighted by Crippen LogP contribution is 2.50. The first-order chi connectivity index (χ1) is 11.7. The first-order valence-corrected chi connectivity index (χ1v) is 8.81. The van der Waals surface area contributed by atoms with Crippen LogP contribution in [0.2, 0.25) is 0 Å². The Labute approximate surface area is 156 Å². The number of methoxy groups -OCH3 is 2. The van der Waals surface area contributed by atoms with E-state index in [0.717, 1.165) is 17.1 Å².